The highest BCUT2D eigenvalue weighted by molar-refractivity contribution is 7.85. The molecule has 6 rings (SSSR count). The van der Waals surface area contributed by atoms with Crippen LogP contribution in [0.15, 0.2) is 94.7 Å². The van der Waals surface area contributed by atoms with Crippen LogP contribution in [0.5, 0.6) is 0 Å². The van der Waals surface area contributed by atoms with Gasteiger partial charge in [-0.3, -0.25) is 9.59 Å². The smallest absolute Gasteiger partial charge is 0.185 e. The highest BCUT2D eigenvalue weighted by Gasteiger charge is 2.49. The number of fused-ring (bicyclic) bond motifs is 2. The molecular weight excluding hydrogens is 657 g/mol. The average Bonchev–Trinajstić information content (AvgIpc) is 3.33. The zero-order chi connectivity index (χ0) is 38.1. The van der Waals surface area contributed by atoms with Gasteiger partial charge < -0.3 is 0 Å². The average molecular weight is 711 g/mol. The number of allylic oxidation sites excluding steroid dienone is 2. The summed E-state index contributed by atoms with van der Waals surface area (Å²) in [6.45, 7) is 26.8. The van der Waals surface area contributed by atoms with Crippen molar-refractivity contribution in [1.82, 2.24) is 0 Å². The molecule has 0 aromatic heterocycles. The van der Waals surface area contributed by atoms with Crippen molar-refractivity contribution in [3.8, 4) is 0 Å². The molecule has 0 aliphatic heterocycles. The highest BCUT2D eigenvalue weighted by atomic mass is 32.2. The van der Waals surface area contributed by atoms with Crippen molar-refractivity contribution in [3.63, 3.8) is 0 Å². The van der Waals surface area contributed by atoms with E-state index in [4.69, 9.17) is 0 Å². The van der Waals surface area contributed by atoms with E-state index in [0.29, 0.717) is 23.0 Å². The van der Waals surface area contributed by atoms with Crippen molar-refractivity contribution in [2.75, 3.05) is 0 Å². The zero-order valence-corrected chi connectivity index (χ0v) is 33.8. The first-order chi connectivity index (χ1) is 24.2. The van der Waals surface area contributed by atoms with E-state index in [1.54, 1.807) is 12.2 Å². The van der Waals surface area contributed by atoms with Gasteiger partial charge in [0.05, 0.1) is 10.8 Å². The second kappa shape index (κ2) is 13.1. The first-order valence-electron chi connectivity index (χ1n) is 18.6. The Morgan fingerprint density at radius 3 is 1.21 bits per heavy atom. The van der Waals surface area contributed by atoms with E-state index < -0.39 is 10.8 Å². The number of carbonyl (C=O) groups is 2. The molecule has 2 aliphatic carbocycles. The van der Waals surface area contributed by atoms with Gasteiger partial charge in [0.2, 0.25) is 0 Å². The summed E-state index contributed by atoms with van der Waals surface area (Å²) < 4.78 is 13.8. The lowest BCUT2D eigenvalue weighted by Crippen LogP contribution is -2.30. The standard InChI is InChI=1S/C48H54O3S/c1-29-25-33(13-21-41(49)35-17-19-37-39(27-35)47(9,10)31(3)45(37,5)6)15-23-43(29)52(51)44-24-16-34(26-30(44)2)14-22-42(50)36-18-20-38-40(28-36)48(11,12)32(4)46(38,7)8/h13-28,31-32H,1-12H3. The number of rotatable bonds is 8. The number of hydrogen-bond acceptors (Lipinski definition) is 3. The van der Waals surface area contributed by atoms with Gasteiger partial charge in [-0.15, -0.1) is 0 Å². The van der Waals surface area contributed by atoms with Gasteiger partial charge in [-0.1, -0.05) is 130 Å². The molecule has 0 spiro atoms. The molecule has 0 bridgehead atoms. The molecule has 4 aromatic rings. The lowest BCUT2D eigenvalue weighted by Gasteiger charge is -2.32. The molecule has 0 radical (unpaired) electrons. The van der Waals surface area contributed by atoms with Crippen LogP contribution >= 0.6 is 0 Å². The number of hydrogen-bond donors (Lipinski definition) is 0. The minimum Gasteiger partial charge on any atom is -0.289 e. The van der Waals surface area contributed by atoms with Crippen LogP contribution in [0.4, 0.5) is 0 Å². The third-order valence-corrected chi connectivity index (χ3v) is 15.1. The summed E-state index contributed by atoms with van der Waals surface area (Å²) in [5.74, 6) is 0.872. The van der Waals surface area contributed by atoms with E-state index in [0.717, 1.165) is 32.0 Å². The fourth-order valence-corrected chi connectivity index (χ4v) is 10.3. The maximum Gasteiger partial charge on any atom is 0.185 e. The zero-order valence-electron chi connectivity index (χ0n) is 33.0. The van der Waals surface area contributed by atoms with Crippen LogP contribution in [0.1, 0.15) is 134 Å². The molecule has 0 fully saturated rings. The molecule has 3 nitrogen and oxygen atoms in total. The van der Waals surface area contributed by atoms with E-state index in [1.807, 2.05) is 74.5 Å². The maximum atomic E-state index is 13.8. The number of ketones is 2. The fourth-order valence-electron chi connectivity index (χ4n) is 8.95. The van der Waals surface area contributed by atoms with Gasteiger partial charge in [0.25, 0.3) is 0 Å². The molecule has 0 amide bonds. The van der Waals surface area contributed by atoms with Crippen LogP contribution in [0.25, 0.3) is 12.2 Å². The van der Waals surface area contributed by atoms with Gasteiger partial charge in [0.15, 0.2) is 11.6 Å². The SMILES string of the molecule is Cc1cc(C=CC(=O)c2ccc3c(c2)C(C)(C)C(C)C3(C)C)ccc1S(=O)c1ccc(C=CC(=O)c2ccc3c(c2)C(C)(C)C(C)C3(C)C)cc1C. The summed E-state index contributed by atoms with van der Waals surface area (Å²) in [4.78, 5) is 28.0. The van der Waals surface area contributed by atoms with Crippen molar-refractivity contribution >= 4 is 34.5 Å². The van der Waals surface area contributed by atoms with E-state index in [1.165, 1.54) is 22.3 Å². The molecule has 0 saturated carbocycles. The Morgan fingerprint density at radius 1 is 0.519 bits per heavy atom. The van der Waals surface area contributed by atoms with Gasteiger partial charge in [-0.25, -0.2) is 4.21 Å². The van der Waals surface area contributed by atoms with Crippen molar-refractivity contribution in [2.45, 2.75) is 115 Å². The molecule has 2 atom stereocenters. The predicted molar refractivity (Wildman–Crippen MR) is 217 cm³/mol. The molecule has 2 unspecified atom stereocenters. The van der Waals surface area contributed by atoms with Crippen molar-refractivity contribution < 1.29 is 13.8 Å². The van der Waals surface area contributed by atoms with Gasteiger partial charge in [0, 0.05) is 20.9 Å². The van der Waals surface area contributed by atoms with Gasteiger partial charge >= 0.3 is 0 Å². The lowest BCUT2D eigenvalue weighted by molar-refractivity contribution is 0.103. The summed E-state index contributed by atoms with van der Waals surface area (Å²) >= 11 is 0. The van der Waals surface area contributed by atoms with E-state index in [2.05, 4.69) is 93.5 Å². The summed E-state index contributed by atoms with van der Waals surface area (Å²) in [6.07, 6.45) is 6.95. The number of benzene rings is 4. The predicted octanol–water partition coefficient (Wildman–Crippen LogP) is 11.7. The van der Waals surface area contributed by atoms with Crippen LogP contribution in [0.3, 0.4) is 0 Å². The van der Waals surface area contributed by atoms with Crippen molar-refractivity contribution in [1.29, 1.82) is 0 Å². The molecule has 0 saturated heterocycles. The summed E-state index contributed by atoms with van der Waals surface area (Å²) in [5, 5.41) is 0. The van der Waals surface area contributed by atoms with Crippen molar-refractivity contribution in [3.05, 3.63) is 141 Å². The number of aryl methyl sites for hydroxylation is 2. The Bertz CT molecular complexity index is 2050. The molecule has 0 N–H and O–H groups in total. The molecule has 0 heterocycles. The minimum atomic E-state index is -1.39. The summed E-state index contributed by atoms with van der Waals surface area (Å²) in [7, 11) is -1.39. The van der Waals surface area contributed by atoms with E-state index in [-0.39, 0.29) is 33.2 Å². The molecule has 4 heteroatoms. The fraction of sp³-hybridized carbons (Fsp3) is 0.375. The Morgan fingerprint density at radius 2 is 0.865 bits per heavy atom. The molecule has 270 valence electrons. The van der Waals surface area contributed by atoms with Gasteiger partial charge in [-0.05, 0) is 128 Å². The Labute approximate surface area is 314 Å². The quantitative estimate of drug-likeness (QED) is 0.135. The third kappa shape index (κ3) is 6.21. The van der Waals surface area contributed by atoms with E-state index >= 15 is 0 Å². The number of carbonyl (C=O) groups excluding carboxylic acids is 2. The van der Waals surface area contributed by atoms with Crippen LogP contribution in [-0.4, -0.2) is 15.8 Å². The van der Waals surface area contributed by atoms with Crippen LogP contribution < -0.4 is 0 Å². The Hall–Kier alpha value is -4.15. The maximum absolute atomic E-state index is 13.8. The van der Waals surface area contributed by atoms with E-state index in [9.17, 15) is 13.8 Å². The summed E-state index contributed by atoms with van der Waals surface area (Å²) in [6, 6.07) is 23.9. The second-order valence-electron chi connectivity index (χ2n) is 17.6. The van der Waals surface area contributed by atoms with Crippen molar-refractivity contribution in [2.24, 2.45) is 11.8 Å². The largest absolute Gasteiger partial charge is 0.289 e. The molecule has 2 aliphatic rings. The third-order valence-electron chi connectivity index (χ3n) is 13.4. The lowest BCUT2D eigenvalue weighted by atomic mass is 9.71. The Kier molecular flexibility index (Phi) is 9.44. The first kappa shape index (κ1) is 37.6. The topological polar surface area (TPSA) is 51.2 Å². The molecular formula is C48H54O3S. The normalized spacial score (nSPS) is 21.3. The second-order valence-corrected chi connectivity index (χ2v) is 19.0. The molecule has 4 aromatic carbocycles. The van der Waals surface area contributed by atoms with Crippen LogP contribution in [0, 0.1) is 25.7 Å². The van der Waals surface area contributed by atoms with Gasteiger partial charge in [-0.2, -0.15) is 0 Å². The van der Waals surface area contributed by atoms with Gasteiger partial charge in [0.1, 0.15) is 0 Å². The van der Waals surface area contributed by atoms with Crippen LogP contribution in [-0.2, 0) is 32.5 Å². The Balaban J connectivity index is 1.14. The highest BCUT2D eigenvalue weighted by Crippen LogP contribution is 2.54. The minimum absolute atomic E-state index is 0.00680. The molecule has 52 heavy (non-hydrogen) atoms. The monoisotopic (exact) mass is 710 g/mol. The van der Waals surface area contributed by atoms with Crippen LogP contribution in [0.2, 0.25) is 0 Å². The summed E-state index contributed by atoms with van der Waals surface area (Å²) in [5.41, 5.74) is 10.3. The first-order valence-corrected chi connectivity index (χ1v) is 19.7.